The molecule has 0 radical (unpaired) electrons. The highest BCUT2D eigenvalue weighted by molar-refractivity contribution is 7.09. The molecule has 1 aromatic heterocycles. The summed E-state index contributed by atoms with van der Waals surface area (Å²) in [6, 6.07) is 1.13. The van der Waals surface area contributed by atoms with Crippen LogP contribution in [-0.4, -0.2) is 41.0 Å². The fourth-order valence-electron chi connectivity index (χ4n) is 2.62. The number of nitrogens with two attached hydrogens (primary N) is 1. The molecule has 21 heavy (non-hydrogen) atoms. The van der Waals surface area contributed by atoms with Crippen LogP contribution in [0.25, 0.3) is 0 Å². The summed E-state index contributed by atoms with van der Waals surface area (Å²) in [5.41, 5.74) is 6.02. The van der Waals surface area contributed by atoms with Crippen LogP contribution >= 0.6 is 36.2 Å². The number of amides is 1. The summed E-state index contributed by atoms with van der Waals surface area (Å²) < 4.78 is 0. The van der Waals surface area contributed by atoms with Crippen molar-refractivity contribution in [2.24, 2.45) is 5.73 Å². The molecule has 2 heterocycles. The quantitative estimate of drug-likeness (QED) is 0.866. The number of carbonyl (C=O) groups excluding carboxylic acids is 1. The maximum atomic E-state index is 12.0. The molecule has 0 aromatic carbocycles. The number of piperidine rings is 1. The zero-order valence-corrected chi connectivity index (χ0v) is 14.2. The average Bonchev–Trinajstić information content (AvgIpc) is 3.17. The van der Waals surface area contributed by atoms with Gasteiger partial charge in [-0.1, -0.05) is 0 Å². The van der Waals surface area contributed by atoms with Crippen LogP contribution < -0.4 is 11.1 Å². The molecule has 1 aromatic rings. The number of thiazole rings is 1. The Hall–Kier alpha value is -0.400. The molecule has 5 nitrogen and oxygen atoms in total. The van der Waals surface area contributed by atoms with E-state index in [0.717, 1.165) is 37.0 Å². The highest BCUT2D eigenvalue weighted by atomic mass is 35.5. The van der Waals surface area contributed by atoms with E-state index in [1.165, 1.54) is 24.2 Å². The SMILES string of the molecule is Cl.Cl.NCc1nc(C(=O)NC2CCN(C3CC3)CC2)cs1. The van der Waals surface area contributed by atoms with Crippen molar-refractivity contribution in [2.75, 3.05) is 13.1 Å². The largest absolute Gasteiger partial charge is 0.348 e. The molecule has 2 fully saturated rings. The Bertz CT molecular complexity index is 459. The zero-order chi connectivity index (χ0) is 13.2. The number of nitrogens with one attached hydrogen (secondary N) is 1. The van der Waals surface area contributed by atoms with Gasteiger partial charge in [0.15, 0.2) is 0 Å². The molecule has 1 amide bonds. The number of hydrogen-bond acceptors (Lipinski definition) is 5. The Morgan fingerprint density at radius 3 is 2.52 bits per heavy atom. The first-order valence-electron chi connectivity index (χ1n) is 6.95. The smallest absolute Gasteiger partial charge is 0.270 e. The van der Waals surface area contributed by atoms with Gasteiger partial charge in [-0.05, 0) is 25.7 Å². The van der Waals surface area contributed by atoms with Crippen molar-refractivity contribution in [2.45, 2.75) is 44.3 Å². The van der Waals surface area contributed by atoms with Crippen molar-refractivity contribution >= 4 is 42.1 Å². The maximum Gasteiger partial charge on any atom is 0.270 e. The van der Waals surface area contributed by atoms with Gasteiger partial charge in [0, 0.05) is 37.1 Å². The summed E-state index contributed by atoms with van der Waals surface area (Å²) in [4.78, 5) is 18.8. The van der Waals surface area contributed by atoms with Crippen molar-refractivity contribution in [3.63, 3.8) is 0 Å². The summed E-state index contributed by atoms with van der Waals surface area (Å²) in [5, 5.41) is 5.69. The van der Waals surface area contributed by atoms with Crippen molar-refractivity contribution in [1.29, 1.82) is 0 Å². The predicted octanol–water partition coefficient (Wildman–Crippen LogP) is 1.80. The molecule has 3 rings (SSSR count). The minimum atomic E-state index is -0.0548. The van der Waals surface area contributed by atoms with E-state index in [1.54, 1.807) is 5.38 Å². The van der Waals surface area contributed by atoms with Gasteiger partial charge >= 0.3 is 0 Å². The predicted molar refractivity (Wildman–Crippen MR) is 89.6 cm³/mol. The van der Waals surface area contributed by atoms with Gasteiger partial charge in [-0.2, -0.15) is 0 Å². The Balaban J connectivity index is 0.00000110. The molecule has 1 saturated carbocycles. The highest BCUT2D eigenvalue weighted by Gasteiger charge is 2.32. The van der Waals surface area contributed by atoms with Gasteiger partial charge in [-0.3, -0.25) is 4.79 Å². The number of nitrogens with zero attached hydrogens (tertiary/aromatic N) is 2. The van der Waals surface area contributed by atoms with E-state index in [4.69, 9.17) is 5.73 Å². The lowest BCUT2D eigenvalue weighted by atomic mass is 10.0. The standard InChI is InChI=1S/C13H20N4OS.2ClH/c14-7-12-16-11(8-19-12)13(18)15-9-3-5-17(6-4-9)10-1-2-10;;/h8-10H,1-7,14H2,(H,15,18);2*1H. The minimum Gasteiger partial charge on any atom is -0.348 e. The maximum absolute atomic E-state index is 12.0. The molecule has 120 valence electrons. The first-order chi connectivity index (χ1) is 9.26. The number of carbonyl (C=O) groups is 1. The van der Waals surface area contributed by atoms with Gasteiger partial charge in [0.05, 0.1) is 0 Å². The van der Waals surface area contributed by atoms with Crippen LogP contribution in [0.1, 0.15) is 41.2 Å². The van der Waals surface area contributed by atoms with E-state index in [9.17, 15) is 4.79 Å². The van der Waals surface area contributed by atoms with Crippen LogP contribution in [0.5, 0.6) is 0 Å². The molecule has 0 atom stereocenters. The Kier molecular flexibility index (Phi) is 7.36. The molecule has 3 N–H and O–H groups in total. The van der Waals surface area contributed by atoms with Crippen molar-refractivity contribution in [3.05, 3.63) is 16.1 Å². The molecular formula is C13H22Cl2N4OS. The number of aromatic nitrogens is 1. The summed E-state index contributed by atoms with van der Waals surface area (Å²) >= 11 is 1.45. The summed E-state index contributed by atoms with van der Waals surface area (Å²) in [7, 11) is 0. The van der Waals surface area contributed by atoms with Gasteiger partial charge in [0.25, 0.3) is 5.91 Å². The Morgan fingerprint density at radius 1 is 1.33 bits per heavy atom. The third-order valence-corrected chi connectivity index (χ3v) is 4.76. The molecule has 0 unspecified atom stereocenters. The van der Waals surface area contributed by atoms with Gasteiger partial charge in [0.2, 0.25) is 0 Å². The van der Waals surface area contributed by atoms with Gasteiger partial charge in [-0.25, -0.2) is 4.98 Å². The van der Waals surface area contributed by atoms with Crippen molar-refractivity contribution in [3.8, 4) is 0 Å². The highest BCUT2D eigenvalue weighted by Crippen LogP contribution is 2.29. The van der Waals surface area contributed by atoms with E-state index in [0.29, 0.717) is 18.3 Å². The van der Waals surface area contributed by atoms with Gasteiger partial charge in [-0.15, -0.1) is 36.2 Å². The van der Waals surface area contributed by atoms with E-state index >= 15 is 0 Å². The van der Waals surface area contributed by atoms with Crippen LogP contribution in [0.15, 0.2) is 5.38 Å². The Labute approximate surface area is 141 Å². The molecule has 8 heteroatoms. The monoisotopic (exact) mass is 352 g/mol. The topological polar surface area (TPSA) is 71.2 Å². The summed E-state index contributed by atoms with van der Waals surface area (Å²) in [5.74, 6) is -0.0548. The third kappa shape index (κ3) is 4.79. The molecule has 0 spiro atoms. The fourth-order valence-corrected chi connectivity index (χ4v) is 3.27. The van der Waals surface area contributed by atoms with Crippen molar-refractivity contribution < 1.29 is 4.79 Å². The van der Waals surface area contributed by atoms with E-state index in [-0.39, 0.29) is 30.7 Å². The van der Waals surface area contributed by atoms with Crippen LogP contribution in [0.2, 0.25) is 0 Å². The lowest BCUT2D eigenvalue weighted by Crippen LogP contribution is -2.45. The van der Waals surface area contributed by atoms with E-state index < -0.39 is 0 Å². The van der Waals surface area contributed by atoms with Crippen molar-refractivity contribution in [1.82, 2.24) is 15.2 Å². The van der Waals surface area contributed by atoms with Crippen LogP contribution in [0.4, 0.5) is 0 Å². The van der Waals surface area contributed by atoms with Crippen LogP contribution in [0.3, 0.4) is 0 Å². The number of hydrogen-bond donors (Lipinski definition) is 2. The van der Waals surface area contributed by atoms with Gasteiger partial charge < -0.3 is 16.0 Å². The zero-order valence-electron chi connectivity index (χ0n) is 11.8. The first kappa shape index (κ1) is 18.6. The molecular weight excluding hydrogens is 331 g/mol. The number of halogens is 2. The van der Waals surface area contributed by atoms with Crippen LogP contribution in [0, 0.1) is 0 Å². The third-order valence-electron chi connectivity index (χ3n) is 3.89. The fraction of sp³-hybridized carbons (Fsp3) is 0.692. The minimum absolute atomic E-state index is 0. The summed E-state index contributed by atoms with van der Waals surface area (Å²) in [6.07, 6.45) is 4.82. The number of rotatable bonds is 4. The Morgan fingerprint density at radius 2 is 2.00 bits per heavy atom. The lowest BCUT2D eigenvalue weighted by Gasteiger charge is -2.32. The lowest BCUT2D eigenvalue weighted by molar-refractivity contribution is 0.0904. The van der Waals surface area contributed by atoms with Crippen LogP contribution in [-0.2, 0) is 6.54 Å². The average molecular weight is 353 g/mol. The molecule has 2 aliphatic rings. The second-order valence-corrected chi connectivity index (χ2v) is 6.29. The number of likely N-dealkylation sites (tertiary alicyclic amines) is 1. The molecule has 1 saturated heterocycles. The second kappa shape index (κ2) is 8.29. The second-order valence-electron chi connectivity index (χ2n) is 5.35. The molecule has 1 aliphatic heterocycles. The molecule has 1 aliphatic carbocycles. The van der Waals surface area contributed by atoms with E-state index in [1.807, 2.05) is 0 Å². The van der Waals surface area contributed by atoms with Gasteiger partial charge in [0.1, 0.15) is 10.7 Å². The van der Waals surface area contributed by atoms with E-state index in [2.05, 4.69) is 15.2 Å². The first-order valence-corrected chi connectivity index (χ1v) is 7.83. The summed E-state index contributed by atoms with van der Waals surface area (Å²) in [6.45, 7) is 2.62. The normalized spacial score (nSPS) is 19.5. The molecule has 0 bridgehead atoms.